The van der Waals surface area contributed by atoms with Gasteiger partial charge in [-0.1, -0.05) is 60.7 Å². The van der Waals surface area contributed by atoms with Crippen molar-refractivity contribution in [2.45, 2.75) is 32.1 Å². The van der Waals surface area contributed by atoms with Crippen LogP contribution < -0.4 is 5.32 Å². The van der Waals surface area contributed by atoms with Crippen molar-refractivity contribution in [3.8, 4) is 0 Å². The van der Waals surface area contributed by atoms with Gasteiger partial charge in [-0.05, 0) is 25.0 Å². The van der Waals surface area contributed by atoms with Gasteiger partial charge in [-0.15, -0.1) is 0 Å². The van der Waals surface area contributed by atoms with Crippen LogP contribution in [-0.2, 0) is 23.9 Å². The van der Waals surface area contributed by atoms with Gasteiger partial charge in [0.2, 0.25) is 0 Å². The smallest absolute Gasteiger partial charge is 0.332 e. The zero-order valence-corrected chi connectivity index (χ0v) is 19.5. The summed E-state index contributed by atoms with van der Waals surface area (Å²) in [5, 5.41) is 2.53. The molecule has 4 amide bonds. The minimum atomic E-state index is -1.21. The molecule has 1 fully saturated rings. The first kappa shape index (κ1) is 24.9. The van der Waals surface area contributed by atoms with E-state index >= 15 is 0 Å². The van der Waals surface area contributed by atoms with Gasteiger partial charge in [-0.2, -0.15) is 0 Å². The minimum absolute atomic E-state index is 0.0318. The zero-order valence-electron chi connectivity index (χ0n) is 19.5. The third kappa shape index (κ3) is 5.60. The molecule has 9 nitrogen and oxygen atoms in total. The SMILES string of the molecule is CCN1CCN(C(=O)NC(C(=O)OC(c2ccccc2)c2ccccc2)[C@H](C)OC)C(=O)C1=O. The number of hydrogen-bond acceptors (Lipinski definition) is 6. The Morgan fingerprint density at radius 2 is 1.50 bits per heavy atom. The molecule has 2 atom stereocenters. The summed E-state index contributed by atoms with van der Waals surface area (Å²) in [5.74, 6) is -2.42. The van der Waals surface area contributed by atoms with Crippen LogP contribution in [0.3, 0.4) is 0 Å². The van der Waals surface area contributed by atoms with Crippen molar-refractivity contribution in [1.82, 2.24) is 15.1 Å². The first-order valence-electron chi connectivity index (χ1n) is 11.1. The second-order valence-electron chi connectivity index (χ2n) is 7.85. The highest BCUT2D eigenvalue weighted by Gasteiger charge is 2.38. The summed E-state index contributed by atoms with van der Waals surface area (Å²) in [7, 11) is 1.40. The van der Waals surface area contributed by atoms with Crippen LogP contribution in [-0.4, -0.2) is 72.5 Å². The Kier molecular flexibility index (Phi) is 8.37. The van der Waals surface area contributed by atoms with Crippen molar-refractivity contribution in [3.63, 3.8) is 0 Å². The monoisotopic (exact) mass is 467 g/mol. The maximum absolute atomic E-state index is 13.3. The van der Waals surface area contributed by atoms with Crippen LogP contribution in [0.1, 0.15) is 31.1 Å². The zero-order chi connectivity index (χ0) is 24.7. The normalized spacial score (nSPS) is 15.8. The number of rotatable bonds is 8. The molecule has 9 heteroatoms. The largest absolute Gasteiger partial charge is 0.451 e. The Balaban J connectivity index is 1.80. The van der Waals surface area contributed by atoms with Crippen molar-refractivity contribution < 1.29 is 28.7 Å². The van der Waals surface area contributed by atoms with Crippen molar-refractivity contribution >= 4 is 23.8 Å². The number of esters is 1. The quantitative estimate of drug-likeness (QED) is 0.471. The Bertz CT molecular complexity index is 974. The van der Waals surface area contributed by atoms with Gasteiger partial charge in [0.05, 0.1) is 6.10 Å². The van der Waals surface area contributed by atoms with E-state index < -0.39 is 42.1 Å². The summed E-state index contributed by atoms with van der Waals surface area (Å²) in [6, 6.07) is 16.4. The van der Waals surface area contributed by atoms with E-state index in [2.05, 4.69) is 5.32 Å². The maximum atomic E-state index is 13.3. The summed E-state index contributed by atoms with van der Waals surface area (Å²) in [4.78, 5) is 52.9. The minimum Gasteiger partial charge on any atom is -0.451 e. The molecule has 0 bridgehead atoms. The second kappa shape index (κ2) is 11.4. The van der Waals surface area contributed by atoms with E-state index in [-0.39, 0.29) is 13.1 Å². The van der Waals surface area contributed by atoms with E-state index in [0.29, 0.717) is 6.54 Å². The standard InChI is InChI=1S/C25H29N3O6/c1-4-27-15-16-28(23(30)22(27)29)25(32)26-20(17(2)33-3)24(31)34-21(18-11-7-5-8-12-18)19-13-9-6-10-14-19/h5-14,17,20-21H,4,15-16H2,1-3H3,(H,26,32)/t17-,20?/m0/s1. The molecule has 0 aromatic heterocycles. The van der Waals surface area contributed by atoms with Gasteiger partial charge >= 0.3 is 23.8 Å². The lowest BCUT2D eigenvalue weighted by atomic mass is 10.0. The molecule has 1 heterocycles. The number of carbonyl (C=O) groups excluding carboxylic acids is 4. The molecule has 1 saturated heterocycles. The van der Waals surface area contributed by atoms with E-state index in [1.165, 1.54) is 12.0 Å². The van der Waals surface area contributed by atoms with E-state index in [4.69, 9.17) is 9.47 Å². The molecule has 2 aromatic carbocycles. The Labute approximate surface area is 198 Å². The van der Waals surface area contributed by atoms with Crippen LogP contribution in [0, 0.1) is 0 Å². The molecule has 1 unspecified atom stereocenters. The lowest BCUT2D eigenvalue weighted by molar-refractivity contribution is -0.155. The fourth-order valence-corrected chi connectivity index (χ4v) is 3.66. The first-order valence-corrected chi connectivity index (χ1v) is 11.1. The van der Waals surface area contributed by atoms with Gasteiger partial charge in [0, 0.05) is 26.7 Å². The Morgan fingerprint density at radius 1 is 0.941 bits per heavy atom. The highest BCUT2D eigenvalue weighted by Crippen LogP contribution is 2.26. The van der Waals surface area contributed by atoms with Gasteiger partial charge in [0.1, 0.15) is 0 Å². The fraction of sp³-hybridized carbons (Fsp3) is 0.360. The number of imide groups is 1. The van der Waals surface area contributed by atoms with E-state index in [0.717, 1.165) is 16.0 Å². The Hall–Kier alpha value is -3.72. The molecule has 1 N–H and O–H groups in total. The van der Waals surface area contributed by atoms with E-state index in [9.17, 15) is 19.2 Å². The number of nitrogens with one attached hydrogen (secondary N) is 1. The number of urea groups is 1. The highest BCUT2D eigenvalue weighted by atomic mass is 16.5. The van der Waals surface area contributed by atoms with Crippen molar-refractivity contribution in [3.05, 3.63) is 71.8 Å². The van der Waals surface area contributed by atoms with Crippen LogP contribution in [0.5, 0.6) is 0 Å². The summed E-state index contributed by atoms with van der Waals surface area (Å²) < 4.78 is 11.2. The van der Waals surface area contributed by atoms with Crippen LogP contribution in [0.4, 0.5) is 4.79 Å². The second-order valence-corrected chi connectivity index (χ2v) is 7.85. The third-order valence-electron chi connectivity index (χ3n) is 5.75. The van der Waals surface area contributed by atoms with E-state index in [1.807, 2.05) is 60.7 Å². The predicted octanol–water partition coefficient (Wildman–Crippen LogP) is 2.12. The highest BCUT2D eigenvalue weighted by molar-refractivity contribution is 6.38. The van der Waals surface area contributed by atoms with Gasteiger partial charge in [0.25, 0.3) is 0 Å². The molecular weight excluding hydrogens is 438 g/mol. The number of likely N-dealkylation sites (N-methyl/N-ethyl adjacent to an activating group) is 1. The molecule has 2 aromatic rings. The topological polar surface area (TPSA) is 105 Å². The molecule has 34 heavy (non-hydrogen) atoms. The number of amides is 4. The summed E-state index contributed by atoms with van der Waals surface area (Å²) in [6.45, 7) is 3.99. The summed E-state index contributed by atoms with van der Waals surface area (Å²) >= 11 is 0. The molecule has 1 aliphatic heterocycles. The van der Waals surface area contributed by atoms with Gasteiger partial charge in [-0.25, -0.2) is 9.59 Å². The third-order valence-corrected chi connectivity index (χ3v) is 5.75. The van der Waals surface area contributed by atoms with Crippen LogP contribution >= 0.6 is 0 Å². The average molecular weight is 468 g/mol. The van der Waals surface area contributed by atoms with Crippen LogP contribution in [0.15, 0.2) is 60.7 Å². The van der Waals surface area contributed by atoms with Crippen LogP contribution in [0.25, 0.3) is 0 Å². The van der Waals surface area contributed by atoms with Crippen molar-refractivity contribution in [2.75, 3.05) is 26.7 Å². The van der Waals surface area contributed by atoms with Crippen molar-refractivity contribution in [2.24, 2.45) is 0 Å². The number of carbonyl (C=O) groups is 4. The van der Waals surface area contributed by atoms with Gasteiger partial charge in [-0.3, -0.25) is 14.5 Å². The predicted molar refractivity (Wildman–Crippen MR) is 124 cm³/mol. The Morgan fingerprint density at radius 3 is 2.00 bits per heavy atom. The molecule has 1 aliphatic rings. The number of methoxy groups -OCH3 is 1. The number of nitrogens with zero attached hydrogens (tertiary/aromatic N) is 2. The van der Waals surface area contributed by atoms with Crippen LogP contribution in [0.2, 0.25) is 0 Å². The molecule has 0 radical (unpaired) electrons. The molecule has 180 valence electrons. The number of benzene rings is 2. The summed E-state index contributed by atoms with van der Waals surface area (Å²) in [5.41, 5.74) is 1.52. The molecule has 3 rings (SSSR count). The van der Waals surface area contributed by atoms with E-state index in [1.54, 1.807) is 13.8 Å². The molecule has 0 aliphatic carbocycles. The fourth-order valence-electron chi connectivity index (χ4n) is 3.66. The van der Waals surface area contributed by atoms with Gasteiger partial charge < -0.3 is 19.7 Å². The average Bonchev–Trinajstić information content (AvgIpc) is 2.87. The summed E-state index contributed by atoms with van der Waals surface area (Å²) in [6.07, 6.45) is -1.47. The lowest BCUT2D eigenvalue weighted by Gasteiger charge is -2.33. The molecular formula is C25H29N3O6. The van der Waals surface area contributed by atoms with Crippen molar-refractivity contribution in [1.29, 1.82) is 0 Å². The first-order chi connectivity index (χ1) is 16.4. The van der Waals surface area contributed by atoms with Gasteiger partial charge in [0.15, 0.2) is 12.1 Å². The molecule has 0 spiro atoms. The number of piperazine rings is 1. The maximum Gasteiger partial charge on any atom is 0.332 e. The lowest BCUT2D eigenvalue weighted by Crippen LogP contribution is -2.61. The number of hydrogen-bond donors (Lipinski definition) is 1. The number of ether oxygens (including phenoxy) is 2. The molecule has 0 saturated carbocycles.